The van der Waals surface area contributed by atoms with Gasteiger partial charge in [-0.05, 0) is 28.2 Å². The third-order valence-electron chi connectivity index (χ3n) is 8.80. The van der Waals surface area contributed by atoms with Crippen molar-refractivity contribution in [1.29, 1.82) is 0 Å². The van der Waals surface area contributed by atoms with Gasteiger partial charge in [-0.1, -0.05) is 182 Å². The Bertz CT molecular complexity index is 1650. The lowest BCUT2D eigenvalue weighted by Crippen LogP contribution is -2.63. The lowest BCUT2D eigenvalue weighted by Gasteiger charge is -2.56. The van der Waals surface area contributed by atoms with E-state index < -0.39 is 21.8 Å². The Morgan fingerprint density at radius 3 is 1.17 bits per heavy atom. The van der Waals surface area contributed by atoms with Crippen LogP contribution in [0.2, 0.25) is 0 Å². The van der Waals surface area contributed by atoms with Crippen molar-refractivity contribution in [2.45, 2.75) is 30.9 Å². The Hall–Kier alpha value is -3.90. The first-order valence-electron chi connectivity index (χ1n) is 16.1. The first-order chi connectivity index (χ1) is 22.8. The normalized spacial score (nSPS) is 15.1. The van der Waals surface area contributed by atoms with E-state index in [1.165, 1.54) is 32.3 Å². The van der Waals surface area contributed by atoms with E-state index in [9.17, 15) is 0 Å². The van der Waals surface area contributed by atoms with Crippen molar-refractivity contribution in [3.05, 3.63) is 193 Å². The highest BCUT2D eigenvalue weighted by Gasteiger charge is 2.51. The molecule has 0 radical (unpaired) electrons. The van der Waals surface area contributed by atoms with Gasteiger partial charge in [0.2, 0.25) is 0 Å². The average Bonchev–Trinajstić information content (AvgIpc) is 3.11. The zero-order valence-corrected chi connectivity index (χ0v) is 27.8. The van der Waals surface area contributed by atoms with Crippen LogP contribution < -0.4 is 21.2 Å². The lowest BCUT2D eigenvalue weighted by molar-refractivity contribution is -0.0265. The van der Waals surface area contributed by atoms with E-state index in [-0.39, 0.29) is 6.04 Å². The first-order valence-corrected chi connectivity index (χ1v) is 18.7. The highest BCUT2D eigenvalue weighted by molar-refractivity contribution is 7.71. The molecule has 1 fully saturated rings. The van der Waals surface area contributed by atoms with Crippen molar-refractivity contribution < 1.29 is 4.52 Å². The summed E-state index contributed by atoms with van der Waals surface area (Å²) >= 11 is 0. The topological polar surface area (TPSA) is 12.5 Å². The molecular formula is C42H39NOP2. The van der Waals surface area contributed by atoms with Crippen LogP contribution in [0.1, 0.15) is 17.5 Å². The molecule has 228 valence electrons. The Balaban J connectivity index is 1.39. The molecule has 0 aliphatic carbocycles. The van der Waals surface area contributed by atoms with Crippen LogP contribution >= 0.6 is 16.2 Å². The van der Waals surface area contributed by atoms with Gasteiger partial charge in [-0.25, -0.2) is 0 Å². The molecule has 4 heteroatoms. The van der Waals surface area contributed by atoms with Crippen LogP contribution in [-0.2, 0) is 17.4 Å². The predicted octanol–water partition coefficient (Wildman–Crippen LogP) is 8.40. The van der Waals surface area contributed by atoms with Crippen LogP contribution in [0, 0.1) is 0 Å². The minimum atomic E-state index is -1.10. The third-order valence-corrected chi connectivity index (χ3v) is 13.5. The smallest absolute Gasteiger partial charge is 0.0972 e. The number of nitrogens with zero attached hydrogens (tertiary/aromatic N) is 1. The van der Waals surface area contributed by atoms with Gasteiger partial charge in [0, 0.05) is 44.1 Å². The highest BCUT2D eigenvalue weighted by Crippen LogP contribution is 2.53. The summed E-state index contributed by atoms with van der Waals surface area (Å²) in [6, 6.07) is 66.2. The molecule has 2 nitrogen and oxygen atoms in total. The predicted molar refractivity (Wildman–Crippen MR) is 197 cm³/mol. The number of hydrogen-bond acceptors (Lipinski definition) is 2. The summed E-state index contributed by atoms with van der Waals surface area (Å²) in [6.45, 7) is 1.05. The van der Waals surface area contributed by atoms with Gasteiger partial charge in [-0.2, -0.15) is 0 Å². The monoisotopic (exact) mass is 635 g/mol. The first kappa shape index (κ1) is 30.7. The van der Waals surface area contributed by atoms with Gasteiger partial charge < -0.3 is 4.52 Å². The quantitative estimate of drug-likeness (QED) is 0.125. The molecule has 1 saturated heterocycles. The fourth-order valence-electron chi connectivity index (χ4n) is 6.60. The fraction of sp³-hybridized carbons (Fsp3) is 0.143. The molecule has 6 aromatic carbocycles. The minimum Gasteiger partial charge on any atom is -0.341 e. The van der Waals surface area contributed by atoms with E-state index >= 15 is 0 Å². The van der Waals surface area contributed by atoms with Gasteiger partial charge in [0.1, 0.15) is 0 Å². The molecule has 6 aromatic rings. The van der Waals surface area contributed by atoms with Crippen LogP contribution in [0.25, 0.3) is 0 Å². The van der Waals surface area contributed by atoms with Gasteiger partial charge in [-0.15, -0.1) is 0 Å². The van der Waals surface area contributed by atoms with Crippen LogP contribution in [0.5, 0.6) is 0 Å². The lowest BCUT2D eigenvalue weighted by atomic mass is 9.78. The SMILES string of the molecule is c1ccc(CC(Cc2ccccc2)(OP(c2ccccc2)c2ccccc2)C2CCN2P(c2ccccc2)c2ccccc2)cc1. The van der Waals surface area contributed by atoms with Gasteiger partial charge in [0.05, 0.1) is 13.7 Å². The third kappa shape index (κ3) is 6.92. The second-order valence-electron chi connectivity index (χ2n) is 11.9. The summed E-state index contributed by atoms with van der Waals surface area (Å²) in [4.78, 5) is 0. The second-order valence-corrected chi connectivity index (χ2v) is 15.9. The average molecular weight is 636 g/mol. The number of rotatable bonds is 12. The largest absolute Gasteiger partial charge is 0.341 e. The van der Waals surface area contributed by atoms with E-state index in [4.69, 9.17) is 4.52 Å². The standard InChI is InChI=1S/C42H39NOP2/c1-7-19-35(20-8-1)33-42(34-36-21-9-2-10-22-36,44-46(39-27-15-5-16-28-39)40-29-17-6-18-30-40)41-31-32-43(41)45(37-23-11-3-12-24-37)38-25-13-4-14-26-38/h1-30,41H,31-34H2. The van der Waals surface area contributed by atoms with Crippen LogP contribution in [0.4, 0.5) is 0 Å². The molecule has 0 spiro atoms. The molecule has 1 aliphatic rings. The Morgan fingerprint density at radius 1 is 0.478 bits per heavy atom. The Labute approximate surface area is 276 Å². The Kier molecular flexibility index (Phi) is 9.81. The van der Waals surface area contributed by atoms with Crippen molar-refractivity contribution in [1.82, 2.24) is 4.67 Å². The summed E-state index contributed by atoms with van der Waals surface area (Å²) in [6.07, 6.45) is 2.75. The molecule has 1 aliphatic heterocycles. The highest BCUT2D eigenvalue weighted by atomic mass is 31.1. The van der Waals surface area contributed by atoms with Crippen molar-refractivity contribution in [3.63, 3.8) is 0 Å². The summed E-state index contributed by atoms with van der Waals surface area (Å²) < 4.78 is 10.7. The number of hydrogen-bond donors (Lipinski definition) is 0. The molecule has 1 atom stereocenters. The van der Waals surface area contributed by atoms with Gasteiger partial charge >= 0.3 is 0 Å². The zero-order valence-electron chi connectivity index (χ0n) is 26.0. The summed E-state index contributed by atoms with van der Waals surface area (Å²) in [5, 5.41) is 5.26. The van der Waals surface area contributed by atoms with Gasteiger partial charge in [0.15, 0.2) is 0 Å². The second kappa shape index (κ2) is 14.7. The molecule has 0 aromatic heterocycles. The molecule has 0 saturated carbocycles. The minimum absolute atomic E-state index is 0.219. The van der Waals surface area contributed by atoms with Gasteiger partial charge in [-0.3, -0.25) is 4.67 Å². The molecule has 0 amide bonds. The molecule has 0 bridgehead atoms. The van der Waals surface area contributed by atoms with E-state index in [1.54, 1.807) is 0 Å². The molecule has 0 N–H and O–H groups in total. The zero-order chi connectivity index (χ0) is 31.0. The van der Waals surface area contributed by atoms with Crippen molar-refractivity contribution in [2.75, 3.05) is 6.54 Å². The molecule has 46 heavy (non-hydrogen) atoms. The number of benzene rings is 6. The molecular weight excluding hydrogens is 596 g/mol. The fourth-order valence-corrected chi connectivity index (χ4v) is 11.3. The van der Waals surface area contributed by atoms with Crippen LogP contribution in [-0.4, -0.2) is 22.9 Å². The van der Waals surface area contributed by atoms with Crippen molar-refractivity contribution >= 4 is 37.4 Å². The van der Waals surface area contributed by atoms with Crippen LogP contribution in [0.3, 0.4) is 0 Å². The molecule has 1 heterocycles. The molecule has 1 unspecified atom stereocenters. The Morgan fingerprint density at radius 2 is 0.826 bits per heavy atom. The maximum absolute atomic E-state index is 7.91. The van der Waals surface area contributed by atoms with E-state index in [2.05, 4.69) is 187 Å². The van der Waals surface area contributed by atoms with Crippen molar-refractivity contribution in [2.24, 2.45) is 0 Å². The molecule has 7 rings (SSSR count). The maximum atomic E-state index is 7.91. The van der Waals surface area contributed by atoms with E-state index in [0.29, 0.717) is 0 Å². The van der Waals surface area contributed by atoms with E-state index in [1.807, 2.05) is 0 Å². The summed E-state index contributed by atoms with van der Waals surface area (Å²) in [5.41, 5.74) is 2.14. The van der Waals surface area contributed by atoms with Crippen molar-refractivity contribution in [3.8, 4) is 0 Å². The van der Waals surface area contributed by atoms with E-state index in [0.717, 1.165) is 25.8 Å². The van der Waals surface area contributed by atoms with Crippen LogP contribution in [0.15, 0.2) is 182 Å². The summed E-state index contributed by atoms with van der Waals surface area (Å²) in [5.74, 6) is 0. The maximum Gasteiger partial charge on any atom is 0.0972 e. The van der Waals surface area contributed by atoms with Gasteiger partial charge in [0.25, 0.3) is 0 Å². The summed E-state index contributed by atoms with van der Waals surface area (Å²) in [7, 11) is -1.85.